The van der Waals surface area contributed by atoms with Gasteiger partial charge < -0.3 is 15.5 Å². The first-order chi connectivity index (χ1) is 17.6. The molecule has 38 heavy (non-hydrogen) atoms. The van der Waals surface area contributed by atoms with E-state index in [2.05, 4.69) is 11.9 Å². The summed E-state index contributed by atoms with van der Waals surface area (Å²) in [6.07, 6.45) is 1.89. The molecule has 200 valence electrons. The van der Waals surface area contributed by atoms with Crippen LogP contribution in [0.5, 0.6) is 0 Å². The first-order valence-corrected chi connectivity index (χ1v) is 12.6. The molecule has 0 unspecified atom stereocenters. The maximum Gasteiger partial charge on any atom is 0.321 e. The van der Waals surface area contributed by atoms with Crippen molar-refractivity contribution in [3.63, 3.8) is 0 Å². The largest absolute Gasteiger partial charge is 0.481 e. The summed E-state index contributed by atoms with van der Waals surface area (Å²) in [5, 5.41) is 37.3. The summed E-state index contributed by atoms with van der Waals surface area (Å²) in [7, 11) is -4.22. The minimum atomic E-state index is -4.22. The molecule has 3 atom stereocenters. The predicted molar refractivity (Wildman–Crippen MR) is 134 cm³/mol. The highest BCUT2D eigenvalue weighted by molar-refractivity contribution is 7.89. The van der Waals surface area contributed by atoms with Gasteiger partial charge in [0.2, 0.25) is 21.6 Å². The monoisotopic (exact) mass is 545 g/mol. The van der Waals surface area contributed by atoms with Gasteiger partial charge in [0.25, 0.3) is 5.69 Å². The molecule has 2 aromatic carbocycles. The van der Waals surface area contributed by atoms with Crippen LogP contribution in [0.4, 0.5) is 5.69 Å². The van der Waals surface area contributed by atoms with Gasteiger partial charge in [-0.05, 0) is 46.9 Å². The van der Waals surface area contributed by atoms with Crippen LogP contribution in [0.2, 0.25) is 0 Å². The van der Waals surface area contributed by atoms with E-state index in [1.54, 1.807) is 6.92 Å². The molecule has 0 amide bonds. The van der Waals surface area contributed by atoms with Gasteiger partial charge in [-0.2, -0.15) is 0 Å². The van der Waals surface area contributed by atoms with Crippen LogP contribution in [0.1, 0.15) is 13.3 Å². The molecule has 0 radical (unpaired) electrons. The Hall–Kier alpha value is -4.27. The van der Waals surface area contributed by atoms with Gasteiger partial charge in [-0.3, -0.25) is 29.3 Å². The quantitative estimate of drug-likeness (QED) is 0.156. The van der Waals surface area contributed by atoms with Crippen molar-refractivity contribution in [2.24, 2.45) is 17.0 Å². The number of benzene rings is 2. The lowest BCUT2D eigenvalue weighted by Gasteiger charge is -2.19. The molecule has 5 N–H and O–H groups in total. The van der Waals surface area contributed by atoms with Crippen molar-refractivity contribution in [2.75, 3.05) is 6.54 Å². The Morgan fingerprint density at radius 3 is 2.37 bits per heavy atom. The number of primary sulfonamides is 1. The number of aliphatic carboxylic acids is 2. The van der Waals surface area contributed by atoms with Crippen LogP contribution in [0.3, 0.4) is 0 Å². The third-order valence-electron chi connectivity index (χ3n) is 6.30. The van der Waals surface area contributed by atoms with Crippen LogP contribution in [0.15, 0.2) is 41.3 Å². The number of carbonyl (C=O) groups is 4. The highest BCUT2D eigenvalue weighted by atomic mass is 32.2. The summed E-state index contributed by atoms with van der Waals surface area (Å²) in [5.74, 6) is -4.02. The molecule has 1 aliphatic carbocycles. The van der Waals surface area contributed by atoms with E-state index in [4.69, 9.17) is 15.4 Å². The molecule has 13 nitrogen and oxygen atoms in total. The fourth-order valence-corrected chi connectivity index (χ4v) is 5.38. The summed E-state index contributed by atoms with van der Waals surface area (Å²) in [6.45, 7) is 6.05. The molecule has 1 saturated heterocycles. The Labute approximate surface area is 215 Å². The van der Waals surface area contributed by atoms with Gasteiger partial charge in [0, 0.05) is 18.5 Å². The zero-order valence-corrected chi connectivity index (χ0v) is 20.7. The van der Waals surface area contributed by atoms with Crippen molar-refractivity contribution in [3.05, 3.63) is 57.0 Å². The van der Waals surface area contributed by atoms with E-state index in [1.165, 1.54) is 12.1 Å². The number of carboxylic acids is 2. The summed E-state index contributed by atoms with van der Waals surface area (Å²) in [4.78, 5) is 54.7. The van der Waals surface area contributed by atoms with Crippen molar-refractivity contribution in [3.8, 4) is 0 Å². The topological polar surface area (TPSA) is 224 Å². The second-order valence-corrected chi connectivity index (χ2v) is 10.4. The lowest BCUT2D eigenvalue weighted by molar-refractivity contribution is -0.383. The van der Waals surface area contributed by atoms with E-state index in [0.29, 0.717) is 6.54 Å². The smallest absolute Gasteiger partial charge is 0.321 e. The standard InChI is InChI=1S/C14H8N2O6S.C10H15NO4/c15-23(21,22)13-3-1-2-8-9-6-12(18)11(17)5-7(9)4-10(14(8)13)16(19)20;1-5(2)7-4-11-9(10(14)15)6(7)3-8(12)13/h1-6H,(H2,15,21,22);6-7,9,11H,1,3-4H2,2H3,(H,12,13)(H,14,15)/t;6-,7+,9-/m.0/s1. The van der Waals surface area contributed by atoms with Crippen molar-refractivity contribution in [1.29, 1.82) is 0 Å². The Morgan fingerprint density at radius 2 is 1.84 bits per heavy atom. The predicted octanol–water partition coefficient (Wildman–Crippen LogP) is -0.566. The third-order valence-corrected chi connectivity index (χ3v) is 7.25. The van der Waals surface area contributed by atoms with E-state index in [-0.39, 0.29) is 33.5 Å². The molecule has 0 bridgehead atoms. The van der Waals surface area contributed by atoms with E-state index in [1.807, 2.05) is 0 Å². The molecule has 1 aliphatic heterocycles. The number of sulfonamides is 1. The lowest BCUT2D eigenvalue weighted by atomic mass is 9.84. The average Bonchev–Trinajstić information content (AvgIpc) is 3.22. The first kappa shape index (κ1) is 28.3. The van der Waals surface area contributed by atoms with Gasteiger partial charge >= 0.3 is 11.9 Å². The van der Waals surface area contributed by atoms with E-state index < -0.39 is 61.0 Å². The molecule has 1 heterocycles. The Kier molecular flexibility index (Phi) is 7.90. The van der Waals surface area contributed by atoms with E-state index >= 15 is 0 Å². The zero-order chi connectivity index (χ0) is 28.5. The highest BCUT2D eigenvalue weighted by Crippen LogP contribution is 2.31. The number of nitrogens with two attached hydrogens (primary N) is 1. The fraction of sp³-hybridized carbons (Fsp3) is 0.250. The fourth-order valence-electron chi connectivity index (χ4n) is 4.61. The highest BCUT2D eigenvalue weighted by Gasteiger charge is 2.41. The molecule has 14 heteroatoms. The number of nitro benzene ring substituents is 1. The minimum absolute atomic E-state index is 0.0674. The number of nitrogens with zero attached hydrogens (tertiary/aromatic N) is 1. The molecular weight excluding hydrogens is 522 g/mol. The van der Waals surface area contributed by atoms with Crippen molar-refractivity contribution < 1.29 is 42.7 Å². The third kappa shape index (κ3) is 5.66. The van der Waals surface area contributed by atoms with E-state index in [9.17, 15) is 37.7 Å². The minimum Gasteiger partial charge on any atom is -0.481 e. The number of non-ortho nitro benzene ring substituents is 1. The van der Waals surface area contributed by atoms with Gasteiger partial charge in [0.15, 0.2) is 0 Å². The van der Waals surface area contributed by atoms with Crippen LogP contribution >= 0.6 is 0 Å². The van der Waals surface area contributed by atoms with Gasteiger partial charge in [0.1, 0.15) is 6.04 Å². The van der Waals surface area contributed by atoms with Crippen molar-refractivity contribution >= 4 is 62.1 Å². The van der Waals surface area contributed by atoms with Gasteiger partial charge in [0.05, 0.1) is 21.6 Å². The maximum absolute atomic E-state index is 11.7. The molecule has 2 aromatic rings. The average molecular weight is 546 g/mol. The first-order valence-electron chi connectivity index (χ1n) is 11.0. The Balaban J connectivity index is 0.000000232. The SMILES string of the molecule is C=C(C)[C@H]1CN[C@H](C(=O)O)[C@H]1CC(=O)O.NS(=O)(=O)c1cccc2c3c(cc([N+](=O)[O-])c12)=CC(=O)C(=O)C=3. The van der Waals surface area contributed by atoms with E-state index in [0.717, 1.165) is 29.9 Å². The summed E-state index contributed by atoms with van der Waals surface area (Å²) in [6, 6.07) is 4.23. The molecule has 2 aliphatic rings. The van der Waals surface area contributed by atoms with Crippen LogP contribution in [-0.4, -0.2) is 59.6 Å². The van der Waals surface area contributed by atoms with Crippen LogP contribution in [-0.2, 0) is 29.2 Å². The number of ketones is 2. The second kappa shape index (κ2) is 10.6. The second-order valence-electron chi connectivity index (χ2n) is 8.84. The molecule has 0 aromatic heterocycles. The maximum atomic E-state index is 11.7. The van der Waals surface area contributed by atoms with Gasteiger partial charge in [-0.15, -0.1) is 0 Å². The zero-order valence-electron chi connectivity index (χ0n) is 19.9. The molecule has 1 fully saturated rings. The number of nitrogens with one attached hydrogen (secondary N) is 1. The molecule has 4 rings (SSSR count). The number of nitro groups is 1. The Morgan fingerprint density at radius 1 is 1.21 bits per heavy atom. The molecule has 0 saturated carbocycles. The normalized spacial score (nSPS) is 20.4. The number of hydrogen-bond acceptors (Lipinski definition) is 9. The van der Waals surface area contributed by atoms with Crippen LogP contribution in [0.25, 0.3) is 22.9 Å². The summed E-state index contributed by atoms with van der Waals surface area (Å²) < 4.78 is 23.4. The van der Waals surface area contributed by atoms with Crippen LogP contribution in [0, 0.1) is 22.0 Å². The van der Waals surface area contributed by atoms with Crippen LogP contribution < -0.4 is 20.9 Å². The number of hydrogen-bond donors (Lipinski definition) is 4. The van der Waals surface area contributed by atoms with Gasteiger partial charge in [-0.1, -0.05) is 24.3 Å². The number of carbonyl (C=O) groups excluding carboxylic acids is 2. The molecular formula is C24H23N3O10S. The summed E-state index contributed by atoms with van der Waals surface area (Å²) >= 11 is 0. The van der Waals surface area contributed by atoms with Gasteiger partial charge in [-0.25, -0.2) is 13.6 Å². The lowest BCUT2D eigenvalue weighted by Crippen LogP contribution is -2.36. The molecule has 0 spiro atoms. The van der Waals surface area contributed by atoms with Crippen molar-refractivity contribution in [1.82, 2.24) is 5.32 Å². The van der Waals surface area contributed by atoms with Crippen molar-refractivity contribution in [2.45, 2.75) is 24.3 Å². The Bertz CT molecular complexity index is 1620. The number of fused-ring (bicyclic) bond motifs is 3. The number of Topliss-reactive ketones (excluding diaryl/α,β-unsaturated/α-hetero) is 2. The number of carboxylic acid groups (broad SMARTS) is 2. The number of rotatable bonds is 6. The summed E-state index contributed by atoms with van der Waals surface area (Å²) in [5.41, 5.74) is 0.327.